The maximum atomic E-state index is 4.25. The molecule has 78 valence electrons. The molecule has 1 fully saturated rings. The number of rotatable bonds is 0. The molecule has 2 unspecified atom stereocenters. The minimum absolute atomic E-state index is 0.575. The van der Waals surface area contributed by atoms with Crippen molar-refractivity contribution < 1.29 is 0 Å². The summed E-state index contributed by atoms with van der Waals surface area (Å²) in [4.78, 5) is 0. The Kier molecular flexibility index (Phi) is 2.33. The molecule has 0 heteroatoms. The molecular formula is C14H22. The summed E-state index contributed by atoms with van der Waals surface area (Å²) in [5, 5.41) is 0. The van der Waals surface area contributed by atoms with E-state index in [1.165, 1.54) is 24.8 Å². The third-order valence-corrected chi connectivity index (χ3v) is 4.32. The van der Waals surface area contributed by atoms with Gasteiger partial charge in [-0.05, 0) is 49.9 Å². The van der Waals surface area contributed by atoms with Gasteiger partial charge >= 0.3 is 0 Å². The highest BCUT2D eigenvalue weighted by Gasteiger charge is 2.47. The van der Waals surface area contributed by atoms with Crippen molar-refractivity contribution in [1.29, 1.82) is 0 Å². The van der Waals surface area contributed by atoms with Crippen molar-refractivity contribution in [1.82, 2.24) is 0 Å². The fourth-order valence-electron chi connectivity index (χ4n) is 3.21. The highest BCUT2D eigenvalue weighted by molar-refractivity contribution is 5.19. The molecule has 0 aromatic heterocycles. The molecule has 0 amide bonds. The first kappa shape index (κ1) is 10.0. The van der Waals surface area contributed by atoms with Crippen molar-refractivity contribution in [3.05, 3.63) is 23.8 Å². The molecule has 0 spiro atoms. The number of fused-ring (bicyclic) bond motifs is 1. The van der Waals surface area contributed by atoms with Gasteiger partial charge in [0.1, 0.15) is 0 Å². The van der Waals surface area contributed by atoms with E-state index in [0.29, 0.717) is 5.41 Å². The molecule has 0 aliphatic heterocycles. The van der Waals surface area contributed by atoms with Crippen molar-refractivity contribution in [3.63, 3.8) is 0 Å². The van der Waals surface area contributed by atoms with Crippen LogP contribution in [0, 0.1) is 17.3 Å². The largest absolute Gasteiger partial charge is 0.0993 e. The van der Waals surface area contributed by atoms with E-state index >= 15 is 0 Å². The van der Waals surface area contributed by atoms with Crippen LogP contribution in [-0.4, -0.2) is 0 Å². The summed E-state index contributed by atoms with van der Waals surface area (Å²) in [6, 6.07) is 0. The van der Waals surface area contributed by atoms with Gasteiger partial charge in [-0.25, -0.2) is 0 Å². The summed E-state index contributed by atoms with van der Waals surface area (Å²) in [7, 11) is 0. The van der Waals surface area contributed by atoms with Crippen LogP contribution in [0.15, 0.2) is 23.8 Å². The van der Waals surface area contributed by atoms with Gasteiger partial charge in [-0.1, -0.05) is 37.6 Å². The van der Waals surface area contributed by atoms with Crippen molar-refractivity contribution in [2.45, 2.75) is 46.5 Å². The van der Waals surface area contributed by atoms with Crippen LogP contribution in [0.5, 0.6) is 0 Å². The Morgan fingerprint density at radius 3 is 2.79 bits per heavy atom. The van der Waals surface area contributed by atoms with Crippen LogP contribution >= 0.6 is 0 Å². The summed E-state index contributed by atoms with van der Waals surface area (Å²) >= 11 is 0. The van der Waals surface area contributed by atoms with Crippen LogP contribution < -0.4 is 0 Å². The Bertz CT molecular complexity index is 280. The van der Waals surface area contributed by atoms with Gasteiger partial charge in [0.05, 0.1) is 0 Å². The molecule has 2 atom stereocenters. The average molecular weight is 190 g/mol. The molecule has 0 saturated heterocycles. The Labute approximate surface area is 88.1 Å². The van der Waals surface area contributed by atoms with Crippen LogP contribution in [-0.2, 0) is 0 Å². The van der Waals surface area contributed by atoms with E-state index in [0.717, 1.165) is 18.3 Å². The zero-order valence-corrected chi connectivity index (χ0v) is 9.77. The molecule has 2 aliphatic rings. The standard InChI is InChI=1S/C14H22/c1-10-5-7-11(2)12-9-14(3,4)13(12)8-6-10/h5,12-13H,2,6-9H2,1,3-4H3/b10-5-. The molecule has 14 heavy (non-hydrogen) atoms. The minimum Gasteiger partial charge on any atom is -0.0993 e. The molecule has 0 bridgehead atoms. The lowest BCUT2D eigenvalue weighted by molar-refractivity contribution is 0.00311. The molecule has 0 aromatic carbocycles. The average Bonchev–Trinajstić information content (AvgIpc) is 2.09. The van der Waals surface area contributed by atoms with E-state index < -0.39 is 0 Å². The lowest BCUT2D eigenvalue weighted by Gasteiger charge is -2.53. The molecule has 0 heterocycles. The molecule has 2 rings (SSSR count). The Balaban J connectivity index is 2.15. The van der Waals surface area contributed by atoms with Gasteiger partial charge in [0, 0.05) is 0 Å². The smallest absolute Gasteiger partial charge is 0.0136 e. The zero-order chi connectivity index (χ0) is 10.3. The van der Waals surface area contributed by atoms with Crippen LogP contribution in [0.3, 0.4) is 0 Å². The highest BCUT2D eigenvalue weighted by Crippen LogP contribution is 2.56. The minimum atomic E-state index is 0.575. The fraction of sp³-hybridized carbons (Fsp3) is 0.714. The Morgan fingerprint density at radius 2 is 2.14 bits per heavy atom. The first-order chi connectivity index (χ1) is 6.50. The normalized spacial score (nSPS) is 39.9. The van der Waals surface area contributed by atoms with Crippen LogP contribution in [0.1, 0.15) is 46.5 Å². The first-order valence-electron chi connectivity index (χ1n) is 5.84. The Hall–Kier alpha value is -0.520. The summed E-state index contributed by atoms with van der Waals surface area (Å²) in [5.74, 6) is 1.73. The topological polar surface area (TPSA) is 0 Å². The van der Waals surface area contributed by atoms with Crippen molar-refractivity contribution in [3.8, 4) is 0 Å². The lowest BCUT2D eigenvalue weighted by atomic mass is 9.51. The molecule has 0 aromatic rings. The lowest BCUT2D eigenvalue weighted by Crippen LogP contribution is -2.44. The number of allylic oxidation sites excluding steroid dienone is 3. The number of hydrogen-bond acceptors (Lipinski definition) is 0. The quantitative estimate of drug-likeness (QED) is 0.499. The van der Waals surface area contributed by atoms with Crippen molar-refractivity contribution >= 4 is 0 Å². The van der Waals surface area contributed by atoms with Crippen molar-refractivity contribution in [2.24, 2.45) is 17.3 Å². The van der Waals surface area contributed by atoms with Crippen LogP contribution in [0.2, 0.25) is 0 Å². The molecule has 0 nitrogen and oxygen atoms in total. The maximum absolute atomic E-state index is 4.25. The SMILES string of the molecule is C=C1C/C=C(/C)CCC2C1CC2(C)C. The van der Waals surface area contributed by atoms with Gasteiger partial charge in [-0.3, -0.25) is 0 Å². The summed E-state index contributed by atoms with van der Waals surface area (Å²) in [6.07, 6.45) is 7.55. The van der Waals surface area contributed by atoms with Gasteiger partial charge in [-0.15, -0.1) is 0 Å². The predicted molar refractivity (Wildman–Crippen MR) is 62.1 cm³/mol. The van der Waals surface area contributed by atoms with E-state index in [2.05, 4.69) is 33.4 Å². The van der Waals surface area contributed by atoms with E-state index in [9.17, 15) is 0 Å². The third-order valence-electron chi connectivity index (χ3n) is 4.32. The molecule has 0 radical (unpaired) electrons. The predicted octanol–water partition coefficient (Wildman–Crippen LogP) is 4.34. The second kappa shape index (κ2) is 3.25. The van der Waals surface area contributed by atoms with Crippen LogP contribution in [0.25, 0.3) is 0 Å². The summed E-state index contributed by atoms with van der Waals surface area (Å²) in [5.41, 5.74) is 3.62. The molecule has 1 saturated carbocycles. The highest BCUT2D eigenvalue weighted by atomic mass is 14.5. The van der Waals surface area contributed by atoms with E-state index in [4.69, 9.17) is 0 Å². The van der Waals surface area contributed by atoms with Crippen molar-refractivity contribution in [2.75, 3.05) is 0 Å². The third kappa shape index (κ3) is 1.55. The molecule has 0 N–H and O–H groups in total. The molecular weight excluding hydrogens is 168 g/mol. The second-order valence-corrected chi connectivity index (χ2v) is 5.86. The van der Waals surface area contributed by atoms with Crippen LogP contribution in [0.4, 0.5) is 0 Å². The summed E-state index contributed by atoms with van der Waals surface area (Å²) < 4.78 is 0. The summed E-state index contributed by atoms with van der Waals surface area (Å²) in [6.45, 7) is 11.4. The molecule has 2 aliphatic carbocycles. The zero-order valence-electron chi connectivity index (χ0n) is 9.77. The van der Waals surface area contributed by atoms with E-state index in [1.807, 2.05) is 0 Å². The van der Waals surface area contributed by atoms with Gasteiger partial charge < -0.3 is 0 Å². The van der Waals surface area contributed by atoms with Gasteiger partial charge in [0.15, 0.2) is 0 Å². The first-order valence-corrected chi connectivity index (χ1v) is 5.84. The fourth-order valence-corrected chi connectivity index (χ4v) is 3.21. The van der Waals surface area contributed by atoms with Gasteiger partial charge in [0.2, 0.25) is 0 Å². The van der Waals surface area contributed by atoms with Gasteiger partial charge in [-0.2, -0.15) is 0 Å². The number of hydrogen-bond donors (Lipinski definition) is 0. The van der Waals surface area contributed by atoms with Gasteiger partial charge in [0.25, 0.3) is 0 Å². The maximum Gasteiger partial charge on any atom is -0.0136 e. The van der Waals surface area contributed by atoms with E-state index in [1.54, 1.807) is 5.57 Å². The second-order valence-electron chi connectivity index (χ2n) is 5.86. The monoisotopic (exact) mass is 190 g/mol. The van der Waals surface area contributed by atoms with E-state index in [-0.39, 0.29) is 0 Å². The Morgan fingerprint density at radius 1 is 1.43 bits per heavy atom.